The van der Waals surface area contributed by atoms with Crippen molar-refractivity contribution in [1.29, 1.82) is 0 Å². The first kappa shape index (κ1) is 30.7. The fourth-order valence-electron chi connectivity index (χ4n) is 5.29. The van der Waals surface area contributed by atoms with Crippen LogP contribution >= 0.6 is 0 Å². The Morgan fingerprint density at radius 2 is 0.838 bits per heavy atom. The molecule has 0 fully saturated rings. The van der Waals surface area contributed by atoms with E-state index in [4.69, 9.17) is 9.97 Å². The molecule has 8 aromatic rings. The molecule has 11 heteroatoms. The molecule has 0 aliphatic heterocycles. The van der Waals surface area contributed by atoms with Crippen molar-refractivity contribution in [2.45, 2.75) is 0 Å². The maximum atomic E-state index is 13.6. The minimum absolute atomic E-state index is 0. The van der Waals surface area contributed by atoms with Crippen LogP contribution in [-0.2, 0) is 27.0 Å². The third-order valence-electron chi connectivity index (χ3n) is 6.63. The van der Waals surface area contributed by atoms with Gasteiger partial charge in [0.15, 0.2) is 0 Å². The smallest absolute Gasteiger partial charge is 0.813 e. The van der Waals surface area contributed by atoms with Crippen LogP contribution in [0.25, 0.3) is 65.7 Å². The minimum atomic E-state index is -0.128. The number of para-hydroxylation sites is 4. The fourth-order valence-corrected chi connectivity index (χ4v) is 5.29. The van der Waals surface area contributed by atoms with Gasteiger partial charge in [-0.2, -0.15) is 0 Å². The molecule has 164 valence electrons. The molecule has 0 N–H and O–H groups in total. The van der Waals surface area contributed by atoms with Gasteiger partial charge in [0.05, 0.1) is 22.1 Å². The monoisotopic (exact) mass is 547 g/mol. The largest absolute Gasteiger partial charge is 1.00 e. The van der Waals surface area contributed by atoms with Crippen LogP contribution in [-0.4, -0.2) is 18.8 Å². The predicted octanol–water partition coefficient (Wildman–Crippen LogP) is -5.18. The van der Waals surface area contributed by atoms with E-state index in [2.05, 4.69) is 0 Å². The molecule has 4 aromatic carbocycles. The van der Waals surface area contributed by atoms with E-state index in [1.54, 1.807) is 20.9 Å². The summed E-state index contributed by atoms with van der Waals surface area (Å²) in [7, 11) is 0. The summed E-state index contributed by atoms with van der Waals surface area (Å²) in [6.07, 6.45) is 0. The molecule has 0 aliphatic carbocycles. The van der Waals surface area contributed by atoms with Crippen molar-refractivity contribution in [3.63, 3.8) is 0 Å². The number of hydrogen-bond acceptors (Lipinski definition) is 6. The van der Waals surface area contributed by atoms with Crippen LogP contribution in [0.4, 0.5) is 0 Å². The topological polar surface area (TPSA) is 68.7 Å². The van der Waals surface area contributed by atoms with Gasteiger partial charge in [-0.3, -0.25) is 18.4 Å². The van der Waals surface area contributed by atoms with Crippen molar-refractivity contribution in [3.05, 3.63) is 93.5 Å². The van der Waals surface area contributed by atoms with E-state index in [9.17, 15) is 9.59 Å². The number of nitrogens with zero attached hydrogens (tertiary/aromatic N) is 4. The zero-order valence-electron chi connectivity index (χ0n) is 20.4. The van der Waals surface area contributed by atoms with Crippen LogP contribution in [0.1, 0.15) is 0 Å². The maximum Gasteiger partial charge on any atom is 1.00 e. The van der Waals surface area contributed by atoms with Crippen LogP contribution < -0.4 is 99.8 Å². The summed E-state index contributed by atoms with van der Waals surface area (Å²) in [4.78, 5) is 36.7. The zero-order valence-corrected chi connectivity index (χ0v) is 28.2. The summed E-state index contributed by atoms with van der Waals surface area (Å²) in [5.74, 6) is 0. The van der Waals surface area contributed by atoms with Crippen molar-refractivity contribution in [2.75, 3.05) is 0 Å². The molecule has 6 nitrogen and oxygen atoms in total. The van der Waals surface area contributed by atoms with Crippen molar-refractivity contribution in [1.82, 2.24) is 18.8 Å². The van der Waals surface area contributed by atoms with Crippen molar-refractivity contribution in [3.8, 4) is 0 Å². The van der Waals surface area contributed by atoms with Gasteiger partial charge >= 0.3 is 88.7 Å². The Hall–Kier alpha value is -0.880. The van der Waals surface area contributed by atoms with E-state index in [1.165, 1.54) is 0 Å². The van der Waals surface area contributed by atoms with Crippen LogP contribution in [0, 0.1) is 0 Å². The summed E-state index contributed by atoms with van der Waals surface area (Å²) >= 11 is 0. The molecule has 0 aliphatic rings. The Bertz CT molecular complexity index is 2060. The van der Waals surface area contributed by atoms with E-state index in [0.29, 0.717) is 22.1 Å². The molecule has 0 unspecified atom stereocenters. The number of benzene rings is 4. The van der Waals surface area contributed by atoms with E-state index in [1.807, 2.05) is 60.7 Å². The quantitative estimate of drug-likeness (QED) is 0.0819. The molecular weight excluding hydrogens is 533 g/mol. The molecule has 0 spiro atoms. The third-order valence-corrected chi connectivity index (χ3v) is 6.63. The number of fused-ring (bicyclic) bond motifs is 8. The summed E-state index contributed by atoms with van der Waals surface area (Å²) in [5.41, 5.74) is 4.07. The van der Waals surface area contributed by atoms with Gasteiger partial charge in [0.1, 0.15) is 11.3 Å². The Labute approximate surface area is 289 Å². The molecule has 0 amide bonds. The normalized spacial score (nSPS) is 10.9. The number of rotatable bonds is 0. The zero-order chi connectivity index (χ0) is 21.1. The second-order valence-corrected chi connectivity index (χ2v) is 8.20. The molecular formula is C26H14N4Na3O2S2+. The van der Waals surface area contributed by atoms with Gasteiger partial charge in [0.25, 0.3) is 11.1 Å². The second-order valence-electron chi connectivity index (χ2n) is 8.20. The van der Waals surface area contributed by atoms with Crippen molar-refractivity contribution >= 4 is 92.7 Å². The first-order valence-corrected chi connectivity index (χ1v) is 10.4. The first-order chi connectivity index (χ1) is 15.7. The van der Waals surface area contributed by atoms with Crippen LogP contribution in [0.15, 0.2) is 82.4 Å². The Morgan fingerprint density at radius 3 is 1.24 bits per heavy atom. The van der Waals surface area contributed by atoms with Gasteiger partial charge < -0.3 is 27.0 Å². The molecule has 4 heterocycles. The van der Waals surface area contributed by atoms with Crippen molar-refractivity contribution < 1.29 is 88.7 Å². The standard InChI is InChI=1S/C26H12N4O2.3Na.2H2S/c31-25-15-11-12-16-22-14(24-28-18-6-2-4-8-20(18)30(24)26(16)32)10-9-13(21(15)22)23-27-17-5-1-3-7-19(17)29(23)25;;;;;/h1-12H;;;;2*1H2/q;3*+1;;/p-2. The average molecular weight is 548 g/mol. The molecule has 0 atom stereocenters. The Morgan fingerprint density at radius 1 is 0.486 bits per heavy atom. The van der Waals surface area contributed by atoms with E-state index >= 15 is 0 Å². The van der Waals surface area contributed by atoms with Gasteiger partial charge in [-0.05, 0) is 48.5 Å². The molecule has 0 saturated carbocycles. The van der Waals surface area contributed by atoms with Gasteiger partial charge in [0, 0.05) is 32.3 Å². The Kier molecular flexibility index (Phi) is 9.07. The SMILES string of the molecule is O=c1c2ccc3c(=O)n4c5ccccc5nc4c4ccc(c2c34)c2nc3ccccc3n12.[Na+].[Na+].[Na+].[SH-].[SH-]. The number of imidazole rings is 2. The fraction of sp³-hybridized carbons (Fsp3) is 0. The second kappa shape index (κ2) is 10.9. The van der Waals surface area contributed by atoms with Crippen molar-refractivity contribution in [2.24, 2.45) is 0 Å². The summed E-state index contributed by atoms with van der Waals surface area (Å²) in [6, 6.07) is 22.8. The third kappa shape index (κ3) is 3.92. The number of hydrogen-bond donors (Lipinski definition) is 0. The molecule has 37 heavy (non-hydrogen) atoms. The van der Waals surface area contributed by atoms with Gasteiger partial charge in [-0.15, -0.1) is 0 Å². The summed E-state index contributed by atoms with van der Waals surface area (Å²) in [6.45, 7) is 0. The molecule has 0 saturated heterocycles. The summed E-state index contributed by atoms with van der Waals surface area (Å²) in [5, 5.41) is 4.42. The van der Waals surface area contributed by atoms with Crippen LogP contribution in [0.3, 0.4) is 0 Å². The molecule has 4 aromatic heterocycles. The average Bonchev–Trinajstić information content (AvgIpc) is 3.40. The number of aromatic nitrogens is 4. The van der Waals surface area contributed by atoms with E-state index < -0.39 is 0 Å². The summed E-state index contributed by atoms with van der Waals surface area (Å²) < 4.78 is 3.35. The Balaban J connectivity index is 0.000000760. The van der Waals surface area contributed by atoms with Crippen LogP contribution in [0.2, 0.25) is 0 Å². The maximum absolute atomic E-state index is 13.6. The minimum Gasteiger partial charge on any atom is -0.813 e. The van der Waals surface area contributed by atoms with E-state index in [-0.39, 0.29) is 127 Å². The van der Waals surface area contributed by atoms with Gasteiger partial charge in [0.2, 0.25) is 0 Å². The number of pyridine rings is 2. The molecule has 8 rings (SSSR count). The number of thiol groups is 2. The van der Waals surface area contributed by atoms with Gasteiger partial charge in [-0.25, -0.2) is 9.97 Å². The first-order valence-electron chi connectivity index (χ1n) is 10.4. The molecule has 0 bridgehead atoms. The van der Waals surface area contributed by atoms with E-state index in [0.717, 1.165) is 43.6 Å². The van der Waals surface area contributed by atoms with Gasteiger partial charge in [-0.1, -0.05) is 24.3 Å². The molecule has 0 radical (unpaired) electrons. The predicted molar refractivity (Wildman–Crippen MR) is 144 cm³/mol. The van der Waals surface area contributed by atoms with Crippen LogP contribution in [0.5, 0.6) is 0 Å².